The summed E-state index contributed by atoms with van der Waals surface area (Å²) in [6, 6.07) is 21.4. The highest BCUT2D eigenvalue weighted by Gasteiger charge is 2.45. The van der Waals surface area contributed by atoms with Crippen molar-refractivity contribution >= 4 is 30.6 Å². The first kappa shape index (κ1) is 48.0. The van der Waals surface area contributed by atoms with Crippen molar-refractivity contribution in [2.24, 2.45) is 0 Å². The summed E-state index contributed by atoms with van der Waals surface area (Å²) in [6.45, 7) is 16.0. The van der Waals surface area contributed by atoms with Crippen LogP contribution < -0.4 is 10.6 Å². The van der Waals surface area contributed by atoms with Crippen molar-refractivity contribution in [2.75, 3.05) is 46.3 Å². The molecule has 0 aliphatic carbocycles. The molecule has 2 unspecified atom stereocenters. The van der Waals surface area contributed by atoms with E-state index in [9.17, 15) is 23.2 Å². The number of halogens is 3. The van der Waals surface area contributed by atoms with Crippen LogP contribution in [0.5, 0.6) is 0 Å². The fraction of sp³-hybridized carbons (Fsp3) is 0.533. The number of urea groups is 2. The van der Waals surface area contributed by atoms with Gasteiger partial charge in [-0.3, -0.25) is 0 Å². The smallest absolute Gasteiger partial charge is 0.410 e. The molecule has 2 heterocycles. The van der Waals surface area contributed by atoms with E-state index in [4.69, 9.17) is 4.74 Å². The molecule has 0 saturated carbocycles. The third-order valence-corrected chi connectivity index (χ3v) is 10.6. The molecule has 13 heteroatoms. The van der Waals surface area contributed by atoms with Crippen molar-refractivity contribution in [2.45, 2.75) is 110 Å². The molecular weight excluding hydrogens is 762 g/mol. The molecule has 2 aliphatic rings. The fourth-order valence-electron chi connectivity index (χ4n) is 7.89. The molecule has 2 saturated heterocycles. The van der Waals surface area contributed by atoms with Gasteiger partial charge in [-0.05, 0) is 88.5 Å². The lowest BCUT2D eigenvalue weighted by molar-refractivity contribution is -0.00122. The van der Waals surface area contributed by atoms with Crippen LogP contribution in [0.15, 0.2) is 78.9 Å². The van der Waals surface area contributed by atoms with Crippen molar-refractivity contribution in [1.29, 1.82) is 0 Å². The van der Waals surface area contributed by atoms with Gasteiger partial charge in [-0.2, -0.15) is 0 Å². The number of piperazine rings is 2. The number of carbonyl (C=O) groups excluding carboxylic acids is 3. The molecule has 5 amide bonds. The van der Waals surface area contributed by atoms with Gasteiger partial charge in [-0.1, -0.05) is 94.1 Å². The van der Waals surface area contributed by atoms with Gasteiger partial charge in [0.25, 0.3) is 0 Å². The second-order valence-corrected chi connectivity index (χ2v) is 16.5. The van der Waals surface area contributed by atoms with Crippen LogP contribution in [0.3, 0.4) is 0 Å². The summed E-state index contributed by atoms with van der Waals surface area (Å²) in [6.07, 6.45) is 5.85. The normalized spacial score (nSPS) is 18.6. The molecule has 0 bridgehead atoms. The standard InChI is InChI=1S/C26H34FN3O3.C19H30FN3O.ClH/c1-4-5-9-16-28-24(31)30-23(21-12-14-22(27)15-13-21)17-29(19-26(30,2)3)25(32)33-18-20-10-7-6-8-11-20;1-5-6-7-12-21-18(24)23-17(13-22(4)14-19(23,2)3)15-8-10-16(20)11-9-15;/h6-8,10-15,23H,4-5,9,16-19H2,1-3H3,(H,28,31);8-11,17H,5-7,12-14H2,1-4H3,(H,21,24);1H. The first-order chi connectivity index (χ1) is 27.2. The zero-order valence-corrected chi connectivity index (χ0v) is 36.3. The topological polar surface area (TPSA) is 97.5 Å². The van der Waals surface area contributed by atoms with Crippen molar-refractivity contribution in [3.05, 3.63) is 107 Å². The molecule has 2 aliphatic heterocycles. The molecule has 320 valence electrons. The predicted molar refractivity (Wildman–Crippen MR) is 229 cm³/mol. The van der Waals surface area contributed by atoms with Gasteiger partial charge in [-0.25, -0.2) is 23.2 Å². The monoisotopic (exact) mass is 826 g/mol. The number of rotatable bonds is 12. The van der Waals surface area contributed by atoms with Gasteiger partial charge in [0.05, 0.1) is 23.2 Å². The maximum atomic E-state index is 13.6. The van der Waals surface area contributed by atoms with Crippen LogP contribution in [0.1, 0.15) is 109 Å². The summed E-state index contributed by atoms with van der Waals surface area (Å²) in [5.41, 5.74) is 1.71. The number of likely N-dealkylation sites (N-methyl/N-ethyl adjacent to an activating group) is 1. The Balaban J connectivity index is 0.000000320. The number of ether oxygens (including phenoxy) is 1. The summed E-state index contributed by atoms with van der Waals surface area (Å²) < 4.78 is 32.4. The highest BCUT2D eigenvalue weighted by Crippen LogP contribution is 2.36. The van der Waals surface area contributed by atoms with Gasteiger partial charge >= 0.3 is 18.2 Å². The second kappa shape index (κ2) is 22.7. The summed E-state index contributed by atoms with van der Waals surface area (Å²) in [7, 11) is 2.06. The number of hydrogen-bond acceptors (Lipinski definition) is 5. The summed E-state index contributed by atoms with van der Waals surface area (Å²) >= 11 is 0. The largest absolute Gasteiger partial charge is 0.445 e. The third kappa shape index (κ3) is 13.6. The van der Waals surface area contributed by atoms with Crippen LogP contribution in [-0.2, 0) is 11.3 Å². The number of nitrogens with one attached hydrogen (secondary N) is 2. The van der Waals surface area contributed by atoms with Crippen LogP contribution in [0.2, 0.25) is 0 Å². The van der Waals surface area contributed by atoms with Gasteiger partial charge in [0, 0.05) is 39.3 Å². The number of benzene rings is 3. The van der Waals surface area contributed by atoms with E-state index in [0.717, 1.165) is 68.3 Å². The molecule has 0 spiro atoms. The Morgan fingerprint density at radius 1 is 0.672 bits per heavy atom. The van der Waals surface area contributed by atoms with Gasteiger partial charge in [0.2, 0.25) is 0 Å². The highest BCUT2D eigenvalue weighted by molar-refractivity contribution is 5.85. The molecule has 5 rings (SSSR count). The molecule has 2 fully saturated rings. The average molecular weight is 828 g/mol. The van der Waals surface area contributed by atoms with E-state index < -0.39 is 17.7 Å². The average Bonchev–Trinajstić information content (AvgIpc) is 3.17. The summed E-state index contributed by atoms with van der Waals surface area (Å²) in [5.74, 6) is -0.596. The Labute approximate surface area is 351 Å². The lowest BCUT2D eigenvalue weighted by Gasteiger charge is -2.51. The van der Waals surface area contributed by atoms with Crippen molar-refractivity contribution in [3.8, 4) is 0 Å². The van der Waals surface area contributed by atoms with E-state index in [1.807, 2.05) is 49.1 Å². The molecule has 0 radical (unpaired) electrons. The fourth-order valence-corrected chi connectivity index (χ4v) is 7.89. The minimum absolute atomic E-state index is 0. The van der Waals surface area contributed by atoms with E-state index in [1.54, 1.807) is 34.1 Å². The predicted octanol–water partition coefficient (Wildman–Crippen LogP) is 9.71. The van der Waals surface area contributed by atoms with Crippen LogP contribution in [0.25, 0.3) is 0 Å². The minimum atomic E-state index is -0.655. The number of unbranched alkanes of at least 4 members (excludes halogenated alkanes) is 4. The number of amides is 5. The first-order valence-corrected chi connectivity index (χ1v) is 20.5. The van der Waals surface area contributed by atoms with Gasteiger partial charge in [0.15, 0.2) is 0 Å². The van der Waals surface area contributed by atoms with Crippen molar-refractivity contribution in [3.63, 3.8) is 0 Å². The maximum Gasteiger partial charge on any atom is 0.410 e. The van der Waals surface area contributed by atoms with E-state index in [0.29, 0.717) is 19.6 Å². The molecule has 58 heavy (non-hydrogen) atoms. The summed E-state index contributed by atoms with van der Waals surface area (Å²) in [4.78, 5) is 46.6. The lowest BCUT2D eigenvalue weighted by Crippen LogP contribution is -2.64. The zero-order chi connectivity index (χ0) is 41.6. The van der Waals surface area contributed by atoms with E-state index in [-0.39, 0.29) is 60.8 Å². The Morgan fingerprint density at radius 2 is 1.12 bits per heavy atom. The highest BCUT2D eigenvalue weighted by atomic mass is 35.5. The number of nitrogens with zero attached hydrogens (tertiary/aromatic N) is 4. The van der Waals surface area contributed by atoms with E-state index in [2.05, 4.69) is 50.3 Å². The van der Waals surface area contributed by atoms with Crippen LogP contribution in [0, 0.1) is 11.6 Å². The lowest BCUT2D eigenvalue weighted by atomic mass is 9.91. The molecule has 3 aromatic carbocycles. The van der Waals surface area contributed by atoms with Crippen LogP contribution >= 0.6 is 12.4 Å². The van der Waals surface area contributed by atoms with E-state index >= 15 is 0 Å². The molecule has 3 aromatic rings. The molecule has 10 nitrogen and oxygen atoms in total. The second-order valence-electron chi connectivity index (χ2n) is 16.5. The number of carbonyl (C=O) groups is 3. The number of hydrogen-bond donors (Lipinski definition) is 2. The Hall–Kier alpha value is -4.42. The zero-order valence-electron chi connectivity index (χ0n) is 35.4. The van der Waals surface area contributed by atoms with E-state index in [1.165, 1.54) is 24.3 Å². The van der Waals surface area contributed by atoms with Crippen molar-refractivity contribution < 1.29 is 27.9 Å². The Bertz CT molecular complexity index is 1710. The third-order valence-electron chi connectivity index (χ3n) is 10.6. The first-order valence-electron chi connectivity index (χ1n) is 20.5. The SMILES string of the molecule is CCCCCNC(=O)N1C(c2ccc(F)cc2)CN(C(=O)OCc2ccccc2)CC1(C)C.CCCCCNC(=O)N1C(c2ccc(F)cc2)CN(C)CC1(C)C.Cl. The quantitative estimate of drug-likeness (QED) is 0.177. The van der Waals surface area contributed by atoms with Crippen LogP contribution in [0.4, 0.5) is 23.2 Å². The van der Waals surface area contributed by atoms with Gasteiger partial charge in [-0.15, -0.1) is 12.4 Å². The molecule has 0 aromatic heterocycles. The van der Waals surface area contributed by atoms with Crippen molar-refractivity contribution in [1.82, 2.24) is 30.2 Å². The Morgan fingerprint density at radius 3 is 1.59 bits per heavy atom. The molecule has 2 N–H and O–H groups in total. The molecule has 2 atom stereocenters. The summed E-state index contributed by atoms with van der Waals surface area (Å²) in [5, 5.41) is 6.09. The Kier molecular flexibility index (Phi) is 18.7. The van der Waals surface area contributed by atoms with Gasteiger partial charge < -0.3 is 35.0 Å². The van der Waals surface area contributed by atoms with Gasteiger partial charge in [0.1, 0.15) is 18.2 Å². The minimum Gasteiger partial charge on any atom is -0.445 e. The molecular formula is C45H65ClF2N6O4. The maximum absolute atomic E-state index is 13.6. The van der Waals surface area contributed by atoms with Crippen LogP contribution in [-0.4, -0.2) is 95.1 Å².